The van der Waals surface area contributed by atoms with Gasteiger partial charge in [0.25, 0.3) is 0 Å². The summed E-state index contributed by atoms with van der Waals surface area (Å²) in [6.07, 6.45) is 8.53. The predicted octanol–water partition coefficient (Wildman–Crippen LogP) is 4.24. The average Bonchev–Trinajstić information content (AvgIpc) is 2.76. The molecule has 0 aliphatic heterocycles. The zero-order chi connectivity index (χ0) is 24.2. The average molecular weight is 462 g/mol. The van der Waals surface area contributed by atoms with Gasteiger partial charge in [0.2, 0.25) is 11.8 Å². The fourth-order valence-electron chi connectivity index (χ4n) is 3.39. The number of hydrogen-bond acceptors (Lipinski definition) is 5. The zero-order valence-electron chi connectivity index (χ0n) is 19.5. The molecule has 2 aromatic rings. The number of amides is 2. The first-order valence-electron chi connectivity index (χ1n) is 11.4. The monoisotopic (exact) mass is 461 g/mol. The normalized spacial score (nSPS) is 11.7. The molecule has 9 heteroatoms. The molecular formula is C24H33F2N5O2. The van der Waals surface area contributed by atoms with E-state index in [1.54, 1.807) is 6.20 Å². The highest BCUT2D eigenvalue weighted by Gasteiger charge is 2.21. The van der Waals surface area contributed by atoms with Crippen LogP contribution in [-0.2, 0) is 16.0 Å². The molecule has 2 amide bonds. The summed E-state index contributed by atoms with van der Waals surface area (Å²) in [6.45, 7) is 4.93. The maximum absolute atomic E-state index is 13.4. The molecule has 2 rings (SSSR count). The van der Waals surface area contributed by atoms with Crippen molar-refractivity contribution in [2.45, 2.75) is 64.8 Å². The van der Waals surface area contributed by atoms with E-state index in [4.69, 9.17) is 0 Å². The second-order valence-electron chi connectivity index (χ2n) is 8.09. The Hall–Kier alpha value is -3.10. The van der Waals surface area contributed by atoms with Gasteiger partial charge in [-0.1, -0.05) is 39.5 Å². The highest BCUT2D eigenvalue weighted by molar-refractivity contribution is 5.96. The van der Waals surface area contributed by atoms with Crippen LogP contribution >= 0.6 is 0 Å². The number of nitrogens with zero attached hydrogens (tertiary/aromatic N) is 3. The van der Waals surface area contributed by atoms with Gasteiger partial charge in [-0.25, -0.2) is 18.7 Å². The van der Waals surface area contributed by atoms with Crippen molar-refractivity contribution in [3.8, 4) is 0 Å². The molecule has 1 aromatic heterocycles. The van der Waals surface area contributed by atoms with Gasteiger partial charge in [-0.05, 0) is 30.5 Å². The van der Waals surface area contributed by atoms with Gasteiger partial charge in [0.05, 0.1) is 18.8 Å². The van der Waals surface area contributed by atoms with E-state index in [2.05, 4.69) is 27.5 Å². The van der Waals surface area contributed by atoms with Gasteiger partial charge in [-0.2, -0.15) is 0 Å². The molecule has 33 heavy (non-hydrogen) atoms. The van der Waals surface area contributed by atoms with Crippen molar-refractivity contribution in [1.82, 2.24) is 15.3 Å². The lowest BCUT2D eigenvalue weighted by Gasteiger charge is -2.19. The second kappa shape index (κ2) is 13.4. The van der Waals surface area contributed by atoms with Crippen molar-refractivity contribution in [1.29, 1.82) is 0 Å². The highest BCUT2D eigenvalue weighted by Crippen LogP contribution is 2.13. The van der Waals surface area contributed by atoms with Gasteiger partial charge in [0.15, 0.2) is 5.82 Å². The molecule has 1 aromatic carbocycles. The topological polar surface area (TPSA) is 87.2 Å². The summed E-state index contributed by atoms with van der Waals surface area (Å²) < 4.78 is 26.7. The third-order valence-corrected chi connectivity index (χ3v) is 5.14. The molecule has 0 saturated carbocycles. The summed E-state index contributed by atoms with van der Waals surface area (Å²) in [5.41, 5.74) is 0.195. The van der Waals surface area contributed by atoms with Crippen LogP contribution < -0.4 is 15.5 Å². The quantitative estimate of drug-likeness (QED) is 0.436. The van der Waals surface area contributed by atoms with Crippen molar-refractivity contribution in [3.05, 3.63) is 47.8 Å². The first-order chi connectivity index (χ1) is 15.8. The van der Waals surface area contributed by atoms with Crippen molar-refractivity contribution in [2.75, 3.05) is 23.8 Å². The summed E-state index contributed by atoms with van der Waals surface area (Å²) in [5.74, 6) is -1.44. The number of rotatable bonds is 13. The molecule has 0 spiro atoms. The van der Waals surface area contributed by atoms with Crippen molar-refractivity contribution < 1.29 is 18.4 Å². The Bertz CT molecular complexity index is 888. The number of benzene rings is 1. The second-order valence-corrected chi connectivity index (χ2v) is 8.09. The number of anilines is 2. The van der Waals surface area contributed by atoms with Gasteiger partial charge >= 0.3 is 0 Å². The number of unbranched alkanes of at least 4 members (excludes halogenated alkanes) is 3. The summed E-state index contributed by atoms with van der Waals surface area (Å²) in [5, 5.41) is 5.31. The molecule has 0 aliphatic carbocycles. The third kappa shape index (κ3) is 9.11. The van der Waals surface area contributed by atoms with Gasteiger partial charge in [0, 0.05) is 19.7 Å². The number of aromatic nitrogens is 2. The molecule has 0 aliphatic rings. The molecule has 0 fully saturated rings. The first-order valence-corrected chi connectivity index (χ1v) is 11.4. The van der Waals surface area contributed by atoms with E-state index in [-0.39, 0.29) is 17.8 Å². The van der Waals surface area contributed by atoms with Crippen LogP contribution in [-0.4, -0.2) is 41.4 Å². The van der Waals surface area contributed by atoms with Crippen LogP contribution in [0, 0.1) is 11.6 Å². The van der Waals surface area contributed by atoms with Crippen LogP contribution in [0.25, 0.3) is 0 Å². The van der Waals surface area contributed by atoms with Crippen molar-refractivity contribution in [2.24, 2.45) is 0 Å². The standard InChI is InChI=1S/C24H33F2N5O2/c1-4-6-7-8-10-31(3)22-16-27-21(15-28-22)30-24(33)20(9-5-2)29-23(32)13-17-11-18(25)14-19(26)12-17/h11-12,14-16,20H,4-10,13H2,1-3H3,(H,29,32)(H,27,30,33). The Morgan fingerprint density at radius 1 is 1.00 bits per heavy atom. The van der Waals surface area contributed by atoms with Gasteiger partial charge in [-0.15, -0.1) is 0 Å². The van der Waals surface area contributed by atoms with E-state index in [0.29, 0.717) is 18.7 Å². The van der Waals surface area contributed by atoms with Gasteiger partial charge in [0.1, 0.15) is 23.5 Å². The molecule has 1 unspecified atom stereocenters. The Morgan fingerprint density at radius 3 is 2.33 bits per heavy atom. The fraction of sp³-hybridized carbons (Fsp3) is 0.500. The van der Waals surface area contributed by atoms with Gasteiger partial charge < -0.3 is 15.5 Å². The smallest absolute Gasteiger partial charge is 0.248 e. The summed E-state index contributed by atoms with van der Waals surface area (Å²) in [6, 6.07) is 2.12. The first kappa shape index (κ1) is 26.2. The molecule has 7 nitrogen and oxygen atoms in total. The Labute approximate surface area is 194 Å². The lowest BCUT2D eigenvalue weighted by atomic mass is 10.1. The Morgan fingerprint density at radius 2 is 1.73 bits per heavy atom. The summed E-state index contributed by atoms with van der Waals surface area (Å²) >= 11 is 0. The zero-order valence-corrected chi connectivity index (χ0v) is 19.5. The number of carbonyl (C=O) groups is 2. The maximum atomic E-state index is 13.4. The molecule has 1 atom stereocenters. The van der Waals surface area contributed by atoms with E-state index in [1.165, 1.54) is 25.5 Å². The molecule has 180 valence electrons. The van der Waals surface area contributed by atoms with Crippen LogP contribution in [0.1, 0.15) is 57.9 Å². The van der Waals surface area contributed by atoms with Crippen LogP contribution in [0.4, 0.5) is 20.4 Å². The molecule has 0 saturated heterocycles. The molecular weight excluding hydrogens is 428 g/mol. The van der Waals surface area contributed by atoms with Crippen molar-refractivity contribution in [3.63, 3.8) is 0 Å². The van der Waals surface area contributed by atoms with E-state index >= 15 is 0 Å². The maximum Gasteiger partial charge on any atom is 0.248 e. The number of carbonyl (C=O) groups excluding carboxylic acids is 2. The Kier molecular flexibility index (Phi) is 10.7. The molecule has 0 bridgehead atoms. The number of hydrogen-bond donors (Lipinski definition) is 2. The van der Waals surface area contributed by atoms with E-state index < -0.39 is 29.5 Å². The highest BCUT2D eigenvalue weighted by atomic mass is 19.1. The van der Waals surface area contributed by atoms with E-state index in [1.807, 2.05) is 18.9 Å². The lowest BCUT2D eigenvalue weighted by Crippen LogP contribution is -2.44. The largest absolute Gasteiger partial charge is 0.358 e. The van der Waals surface area contributed by atoms with E-state index in [0.717, 1.165) is 31.2 Å². The fourth-order valence-corrected chi connectivity index (χ4v) is 3.39. The molecule has 1 heterocycles. The van der Waals surface area contributed by atoms with Gasteiger partial charge in [-0.3, -0.25) is 9.59 Å². The summed E-state index contributed by atoms with van der Waals surface area (Å²) in [7, 11) is 1.95. The summed E-state index contributed by atoms with van der Waals surface area (Å²) in [4.78, 5) is 35.7. The molecule has 2 N–H and O–H groups in total. The SMILES string of the molecule is CCCCCCN(C)c1cnc(NC(=O)C(CCC)NC(=O)Cc2cc(F)cc(F)c2)cn1. The number of halogens is 2. The minimum absolute atomic E-state index is 0.195. The third-order valence-electron chi connectivity index (χ3n) is 5.14. The van der Waals surface area contributed by atoms with Crippen LogP contribution in [0.15, 0.2) is 30.6 Å². The Balaban J connectivity index is 1.92. The van der Waals surface area contributed by atoms with Crippen molar-refractivity contribution >= 4 is 23.5 Å². The van der Waals surface area contributed by atoms with Crippen LogP contribution in [0.5, 0.6) is 0 Å². The minimum atomic E-state index is -0.802. The van der Waals surface area contributed by atoms with Crippen LogP contribution in [0.3, 0.4) is 0 Å². The number of nitrogens with one attached hydrogen (secondary N) is 2. The lowest BCUT2D eigenvalue weighted by molar-refractivity contribution is -0.126. The van der Waals surface area contributed by atoms with Crippen LogP contribution in [0.2, 0.25) is 0 Å². The minimum Gasteiger partial charge on any atom is -0.358 e. The predicted molar refractivity (Wildman–Crippen MR) is 125 cm³/mol. The molecule has 0 radical (unpaired) electrons. The van der Waals surface area contributed by atoms with E-state index in [9.17, 15) is 18.4 Å².